The summed E-state index contributed by atoms with van der Waals surface area (Å²) in [5.41, 5.74) is 0.709. The summed E-state index contributed by atoms with van der Waals surface area (Å²) < 4.78 is 13.7. The second-order valence-electron chi connectivity index (χ2n) is 5.35. The van der Waals surface area contributed by atoms with Crippen LogP contribution in [0.4, 0.5) is 4.39 Å². The summed E-state index contributed by atoms with van der Waals surface area (Å²) in [6.45, 7) is 3.87. The lowest BCUT2D eigenvalue weighted by Gasteiger charge is -2.32. The summed E-state index contributed by atoms with van der Waals surface area (Å²) in [6, 6.07) is 4.80. The molecule has 1 N–H and O–H groups in total. The molecule has 1 saturated heterocycles. The Balaban J connectivity index is 1.83. The number of piperidine rings is 1. The molecule has 0 unspecified atom stereocenters. The summed E-state index contributed by atoms with van der Waals surface area (Å²) in [5, 5.41) is 3.81. The van der Waals surface area contributed by atoms with E-state index in [2.05, 4.69) is 10.2 Å². The fourth-order valence-electron chi connectivity index (χ4n) is 2.69. The van der Waals surface area contributed by atoms with Gasteiger partial charge < -0.3 is 5.32 Å². The highest BCUT2D eigenvalue weighted by atomic mass is 35.5. The molecular weight excluding hydrogens is 263 g/mol. The molecule has 2 rings (SSSR count). The molecule has 0 spiro atoms. The van der Waals surface area contributed by atoms with Gasteiger partial charge in [-0.05, 0) is 70.1 Å². The molecular formula is C15H22ClFN2. The van der Waals surface area contributed by atoms with E-state index >= 15 is 0 Å². The van der Waals surface area contributed by atoms with E-state index in [0.29, 0.717) is 17.1 Å². The highest BCUT2D eigenvalue weighted by Crippen LogP contribution is 2.23. The zero-order valence-corrected chi connectivity index (χ0v) is 12.2. The molecule has 4 heteroatoms. The average Bonchev–Trinajstić information content (AvgIpc) is 2.42. The molecule has 106 valence electrons. The van der Waals surface area contributed by atoms with Gasteiger partial charge in [0.05, 0.1) is 0 Å². The molecule has 1 aliphatic rings. The monoisotopic (exact) mass is 284 g/mol. The van der Waals surface area contributed by atoms with E-state index in [4.69, 9.17) is 11.6 Å². The van der Waals surface area contributed by atoms with Gasteiger partial charge in [-0.15, -0.1) is 0 Å². The molecule has 1 aliphatic heterocycles. The third-order valence-electron chi connectivity index (χ3n) is 3.91. The molecule has 0 amide bonds. The van der Waals surface area contributed by atoms with Crippen LogP contribution >= 0.6 is 11.6 Å². The Labute approximate surface area is 119 Å². The van der Waals surface area contributed by atoms with E-state index in [-0.39, 0.29) is 5.82 Å². The van der Waals surface area contributed by atoms with Gasteiger partial charge in [-0.2, -0.15) is 0 Å². The van der Waals surface area contributed by atoms with Gasteiger partial charge in [0.15, 0.2) is 0 Å². The van der Waals surface area contributed by atoms with Crippen molar-refractivity contribution in [2.45, 2.75) is 25.8 Å². The van der Waals surface area contributed by atoms with Gasteiger partial charge >= 0.3 is 0 Å². The average molecular weight is 285 g/mol. The first-order chi connectivity index (χ1) is 9.19. The molecule has 0 saturated carbocycles. The van der Waals surface area contributed by atoms with Crippen LogP contribution in [0, 0.1) is 11.7 Å². The number of rotatable bonds is 5. The van der Waals surface area contributed by atoms with E-state index in [1.807, 2.05) is 7.05 Å². The highest BCUT2D eigenvalue weighted by molar-refractivity contribution is 6.30. The minimum Gasteiger partial charge on any atom is -0.320 e. The van der Waals surface area contributed by atoms with Crippen molar-refractivity contribution < 1.29 is 4.39 Å². The maximum absolute atomic E-state index is 13.7. The molecule has 19 heavy (non-hydrogen) atoms. The predicted molar refractivity (Wildman–Crippen MR) is 78.0 cm³/mol. The van der Waals surface area contributed by atoms with Crippen molar-refractivity contribution in [3.8, 4) is 0 Å². The maximum Gasteiger partial charge on any atom is 0.127 e. The van der Waals surface area contributed by atoms with Gasteiger partial charge in [0.2, 0.25) is 0 Å². The SMILES string of the molecule is CNCCC1CCN(Cc2cc(Cl)ccc2F)CC1. The summed E-state index contributed by atoms with van der Waals surface area (Å²) >= 11 is 5.92. The summed E-state index contributed by atoms with van der Waals surface area (Å²) in [7, 11) is 2.00. The van der Waals surface area contributed by atoms with Crippen molar-refractivity contribution >= 4 is 11.6 Å². The zero-order valence-electron chi connectivity index (χ0n) is 11.5. The van der Waals surface area contributed by atoms with Gasteiger partial charge in [-0.3, -0.25) is 4.90 Å². The van der Waals surface area contributed by atoms with E-state index in [1.165, 1.54) is 25.3 Å². The van der Waals surface area contributed by atoms with Crippen LogP contribution in [0.5, 0.6) is 0 Å². The van der Waals surface area contributed by atoms with Crippen molar-refractivity contribution in [3.63, 3.8) is 0 Å². The molecule has 0 aromatic heterocycles. The third-order valence-corrected chi connectivity index (χ3v) is 4.15. The highest BCUT2D eigenvalue weighted by Gasteiger charge is 2.19. The molecule has 1 aromatic rings. The van der Waals surface area contributed by atoms with Gasteiger partial charge in [0, 0.05) is 17.1 Å². The third kappa shape index (κ3) is 4.44. The lowest BCUT2D eigenvalue weighted by molar-refractivity contribution is 0.171. The topological polar surface area (TPSA) is 15.3 Å². The Morgan fingerprint density at radius 3 is 2.79 bits per heavy atom. The molecule has 0 bridgehead atoms. The molecule has 0 radical (unpaired) electrons. The maximum atomic E-state index is 13.7. The molecule has 2 nitrogen and oxygen atoms in total. The van der Waals surface area contributed by atoms with Gasteiger partial charge in [-0.1, -0.05) is 11.6 Å². The van der Waals surface area contributed by atoms with Crippen LogP contribution in [0.25, 0.3) is 0 Å². The van der Waals surface area contributed by atoms with Crippen LogP contribution in [-0.4, -0.2) is 31.6 Å². The lowest BCUT2D eigenvalue weighted by Crippen LogP contribution is -2.34. The first kappa shape index (κ1) is 14.8. The normalized spacial score (nSPS) is 17.8. The summed E-state index contributed by atoms with van der Waals surface area (Å²) in [5.74, 6) is 0.662. The number of nitrogens with one attached hydrogen (secondary N) is 1. The van der Waals surface area contributed by atoms with E-state index in [1.54, 1.807) is 12.1 Å². The minimum absolute atomic E-state index is 0.151. The van der Waals surface area contributed by atoms with Crippen LogP contribution in [0.15, 0.2) is 18.2 Å². The number of nitrogens with zero attached hydrogens (tertiary/aromatic N) is 1. The fourth-order valence-corrected chi connectivity index (χ4v) is 2.88. The van der Waals surface area contributed by atoms with Crippen molar-refractivity contribution in [3.05, 3.63) is 34.6 Å². The van der Waals surface area contributed by atoms with Gasteiger partial charge in [-0.25, -0.2) is 4.39 Å². The Morgan fingerprint density at radius 1 is 1.37 bits per heavy atom. The van der Waals surface area contributed by atoms with E-state index in [0.717, 1.165) is 25.6 Å². The largest absolute Gasteiger partial charge is 0.320 e. The summed E-state index contributed by atoms with van der Waals surface area (Å²) in [4.78, 5) is 2.32. The molecule has 0 atom stereocenters. The van der Waals surface area contributed by atoms with Crippen LogP contribution < -0.4 is 5.32 Å². The van der Waals surface area contributed by atoms with Crippen LogP contribution in [0.2, 0.25) is 5.02 Å². The summed E-state index contributed by atoms with van der Waals surface area (Å²) in [6.07, 6.45) is 3.67. The van der Waals surface area contributed by atoms with Crippen LogP contribution in [-0.2, 0) is 6.54 Å². The number of benzene rings is 1. The van der Waals surface area contributed by atoms with Crippen molar-refractivity contribution in [1.82, 2.24) is 10.2 Å². The quantitative estimate of drug-likeness (QED) is 0.892. The standard InChI is InChI=1S/C15H22ClFN2/c1-18-7-4-12-5-8-19(9-6-12)11-13-10-14(16)2-3-15(13)17/h2-3,10,12,18H,4-9,11H2,1H3. The van der Waals surface area contributed by atoms with Crippen molar-refractivity contribution in [1.29, 1.82) is 0 Å². The second kappa shape index (κ2) is 7.22. The smallest absolute Gasteiger partial charge is 0.127 e. The molecule has 1 heterocycles. The van der Waals surface area contributed by atoms with Crippen molar-refractivity contribution in [2.24, 2.45) is 5.92 Å². The van der Waals surface area contributed by atoms with Crippen LogP contribution in [0.1, 0.15) is 24.8 Å². The first-order valence-corrected chi connectivity index (χ1v) is 7.37. The molecule has 0 aliphatic carbocycles. The number of halogens is 2. The van der Waals surface area contributed by atoms with E-state index in [9.17, 15) is 4.39 Å². The Hall–Kier alpha value is -0.640. The first-order valence-electron chi connectivity index (χ1n) is 7.00. The lowest BCUT2D eigenvalue weighted by atomic mass is 9.93. The number of likely N-dealkylation sites (tertiary alicyclic amines) is 1. The predicted octanol–water partition coefficient (Wildman–Crippen LogP) is 3.30. The Kier molecular flexibility index (Phi) is 5.61. The number of hydrogen-bond acceptors (Lipinski definition) is 2. The molecule has 1 fully saturated rings. The molecule has 1 aromatic carbocycles. The van der Waals surface area contributed by atoms with Crippen LogP contribution in [0.3, 0.4) is 0 Å². The fraction of sp³-hybridized carbons (Fsp3) is 0.600. The van der Waals surface area contributed by atoms with Crippen molar-refractivity contribution in [2.75, 3.05) is 26.7 Å². The number of hydrogen-bond donors (Lipinski definition) is 1. The van der Waals surface area contributed by atoms with E-state index < -0.39 is 0 Å². The minimum atomic E-state index is -0.151. The Bertz CT molecular complexity index is 403. The van der Waals surface area contributed by atoms with Gasteiger partial charge in [0.25, 0.3) is 0 Å². The van der Waals surface area contributed by atoms with Gasteiger partial charge in [0.1, 0.15) is 5.82 Å². The zero-order chi connectivity index (χ0) is 13.7. The Morgan fingerprint density at radius 2 is 2.11 bits per heavy atom. The second-order valence-corrected chi connectivity index (χ2v) is 5.78.